The first-order valence-electron chi connectivity index (χ1n) is 5.12. The summed E-state index contributed by atoms with van der Waals surface area (Å²) in [6.45, 7) is 0. The van der Waals surface area contributed by atoms with Crippen LogP contribution >= 0.6 is 11.3 Å². The van der Waals surface area contributed by atoms with E-state index in [1.807, 2.05) is 0 Å². The fourth-order valence-electron chi connectivity index (χ4n) is 1.53. The lowest BCUT2D eigenvalue weighted by Crippen LogP contribution is -2.36. The maximum Gasteiger partial charge on any atom is 0.237 e. The summed E-state index contributed by atoms with van der Waals surface area (Å²) in [6, 6.07) is 0. The Morgan fingerprint density at radius 2 is 2.21 bits per heavy atom. The number of aliphatic imine (C=N–C) groups is 1. The fourth-order valence-corrected chi connectivity index (χ4v) is 2.43. The fraction of sp³-hybridized carbons (Fsp3) is 0.111. The molecule has 4 N–H and O–H groups in total. The van der Waals surface area contributed by atoms with Crippen LogP contribution in [-0.4, -0.2) is 48.0 Å². The van der Waals surface area contributed by atoms with Crippen molar-refractivity contribution < 1.29 is 15.3 Å². The Labute approximate surface area is 110 Å². The summed E-state index contributed by atoms with van der Waals surface area (Å²) in [6.07, 6.45) is 2.73. The van der Waals surface area contributed by atoms with E-state index in [9.17, 15) is 10.2 Å². The molecule has 98 valence electrons. The van der Waals surface area contributed by atoms with E-state index in [0.29, 0.717) is 15.7 Å². The number of aliphatic hydroxyl groups excluding tert-OH is 3. The topological polar surface area (TPSA) is 131 Å². The second-order valence-electron chi connectivity index (χ2n) is 3.57. The Hall–Kier alpha value is -2.46. The van der Waals surface area contributed by atoms with Gasteiger partial charge in [-0.3, -0.25) is 5.10 Å². The zero-order valence-corrected chi connectivity index (χ0v) is 10.1. The molecule has 0 radical (unpaired) electrons. The van der Waals surface area contributed by atoms with E-state index >= 15 is 0 Å². The molecule has 0 aliphatic carbocycles. The van der Waals surface area contributed by atoms with Crippen LogP contribution in [0.25, 0.3) is 10.6 Å². The molecule has 3 rings (SSSR count). The Kier molecular flexibility index (Phi) is 2.65. The van der Waals surface area contributed by atoms with Crippen molar-refractivity contribution in [1.82, 2.24) is 20.4 Å². The number of hydrogen-bond donors (Lipinski definition) is 4. The molecule has 1 atom stereocenters. The van der Waals surface area contributed by atoms with Gasteiger partial charge in [-0.1, -0.05) is 16.6 Å². The predicted molar refractivity (Wildman–Crippen MR) is 66.8 cm³/mol. The average molecular weight is 280 g/mol. The molecule has 2 aromatic heterocycles. The van der Waals surface area contributed by atoms with Crippen LogP contribution in [0.4, 0.5) is 5.13 Å². The smallest absolute Gasteiger partial charge is 0.237 e. The van der Waals surface area contributed by atoms with Gasteiger partial charge in [0.15, 0.2) is 5.13 Å². The Bertz CT molecular complexity index is 649. The van der Waals surface area contributed by atoms with Gasteiger partial charge in [0.2, 0.25) is 18.1 Å². The lowest BCUT2D eigenvalue weighted by molar-refractivity contribution is 0.163. The number of nitrogens with zero attached hydrogens (tertiary/aromatic N) is 5. The Morgan fingerprint density at radius 3 is 2.89 bits per heavy atom. The van der Waals surface area contributed by atoms with Crippen LogP contribution in [0.15, 0.2) is 29.3 Å². The summed E-state index contributed by atoms with van der Waals surface area (Å²) in [5, 5.41) is 38.9. The average Bonchev–Trinajstić information content (AvgIpc) is 2.97. The highest BCUT2D eigenvalue weighted by atomic mass is 32.1. The van der Waals surface area contributed by atoms with Crippen LogP contribution in [0.2, 0.25) is 0 Å². The zero-order chi connectivity index (χ0) is 13.4. The molecule has 0 aromatic carbocycles. The minimum Gasteiger partial charge on any atom is -0.494 e. The molecule has 0 saturated heterocycles. The number of rotatable bonds is 2. The standard InChI is InChI=1S/C9H8N6O3S/c16-6-1-7(17)15(8(18)12-6)9-10-3-5(19-9)4-2-11-14-13-4/h1-3,8,17-18H,(H,12,16)(H,11,13,14). The molecule has 10 heteroatoms. The molecule has 19 heavy (non-hydrogen) atoms. The molecule has 2 aromatic rings. The summed E-state index contributed by atoms with van der Waals surface area (Å²) in [5.74, 6) is -0.796. The number of anilines is 1. The molecule has 0 bridgehead atoms. The van der Waals surface area contributed by atoms with Gasteiger partial charge < -0.3 is 15.3 Å². The Balaban J connectivity index is 1.94. The van der Waals surface area contributed by atoms with Crippen molar-refractivity contribution in [2.45, 2.75) is 6.35 Å². The molecule has 1 unspecified atom stereocenters. The number of aromatic nitrogens is 4. The monoisotopic (exact) mass is 280 g/mol. The van der Waals surface area contributed by atoms with Gasteiger partial charge in [-0.25, -0.2) is 9.88 Å². The largest absolute Gasteiger partial charge is 0.494 e. The second-order valence-corrected chi connectivity index (χ2v) is 4.58. The lowest BCUT2D eigenvalue weighted by atomic mass is 10.4. The molecule has 0 saturated carbocycles. The minimum atomic E-state index is -1.43. The third kappa shape index (κ3) is 2.02. The van der Waals surface area contributed by atoms with Crippen LogP contribution in [0, 0.1) is 0 Å². The van der Waals surface area contributed by atoms with Crippen LogP contribution in [0.3, 0.4) is 0 Å². The van der Waals surface area contributed by atoms with Crippen LogP contribution < -0.4 is 4.90 Å². The molecule has 3 heterocycles. The normalized spacial score (nSPS) is 19.2. The predicted octanol–water partition coefficient (Wildman–Crippen LogP) is 0.380. The number of aromatic amines is 1. The first-order chi connectivity index (χ1) is 9.15. The number of thiazole rings is 1. The van der Waals surface area contributed by atoms with Crippen LogP contribution in [-0.2, 0) is 0 Å². The molecule has 0 fully saturated rings. The second kappa shape index (κ2) is 4.33. The molecule has 0 amide bonds. The van der Waals surface area contributed by atoms with E-state index in [4.69, 9.17) is 5.11 Å². The first-order valence-corrected chi connectivity index (χ1v) is 5.94. The van der Waals surface area contributed by atoms with E-state index in [2.05, 4.69) is 25.4 Å². The summed E-state index contributed by atoms with van der Waals surface area (Å²) in [7, 11) is 0. The summed E-state index contributed by atoms with van der Waals surface area (Å²) >= 11 is 1.19. The highest BCUT2D eigenvalue weighted by Crippen LogP contribution is 2.32. The van der Waals surface area contributed by atoms with Crippen LogP contribution in [0.5, 0.6) is 0 Å². The van der Waals surface area contributed by atoms with Crippen molar-refractivity contribution in [2.75, 3.05) is 4.90 Å². The van der Waals surface area contributed by atoms with Crippen molar-refractivity contribution >= 4 is 22.4 Å². The highest BCUT2D eigenvalue weighted by molar-refractivity contribution is 7.18. The third-order valence-corrected chi connectivity index (χ3v) is 3.37. The van der Waals surface area contributed by atoms with Gasteiger partial charge in [-0.15, -0.1) is 5.10 Å². The van der Waals surface area contributed by atoms with Gasteiger partial charge in [0.1, 0.15) is 5.69 Å². The summed E-state index contributed by atoms with van der Waals surface area (Å²) in [4.78, 5) is 9.37. The number of nitrogens with one attached hydrogen (secondary N) is 1. The van der Waals surface area contributed by atoms with Crippen molar-refractivity contribution in [1.29, 1.82) is 0 Å². The SMILES string of the molecule is OC1=CC(O)=NC(O)N1c1ncc(-c2c[nH]nn2)s1. The first kappa shape index (κ1) is 11.6. The van der Waals surface area contributed by atoms with Gasteiger partial charge >= 0.3 is 0 Å². The molecule has 9 nitrogen and oxygen atoms in total. The van der Waals surface area contributed by atoms with Gasteiger partial charge in [0, 0.05) is 6.20 Å². The molecular formula is C9H8N6O3S. The third-order valence-electron chi connectivity index (χ3n) is 2.35. The molecule has 1 aliphatic rings. The molecular weight excluding hydrogens is 272 g/mol. The quantitative estimate of drug-likeness (QED) is 0.625. The van der Waals surface area contributed by atoms with E-state index in [-0.39, 0.29) is 5.88 Å². The number of aliphatic hydroxyl groups is 3. The zero-order valence-electron chi connectivity index (χ0n) is 9.30. The van der Waals surface area contributed by atoms with Crippen molar-refractivity contribution in [3.8, 4) is 10.6 Å². The van der Waals surface area contributed by atoms with Gasteiger partial charge in [-0.05, 0) is 0 Å². The maximum atomic E-state index is 9.72. The van der Waals surface area contributed by atoms with Crippen molar-refractivity contribution in [3.05, 3.63) is 24.4 Å². The van der Waals surface area contributed by atoms with Gasteiger partial charge in [0.05, 0.1) is 17.2 Å². The van der Waals surface area contributed by atoms with Gasteiger partial charge in [-0.2, -0.15) is 4.99 Å². The van der Waals surface area contributed by atoms with E-state index in [1.54, 1.807) is 6.20 Å². The number of H-pyrrole nitrogens is 1. The molecule has 1 aliphatic heterocycles. The summed E-state index contributed by atoms with van der Waals surface area (Å²) < 4.78 is 0. The maximum absolute atomic E-state index is 9.72. The number of hydrogen-bond acceptors (Lipinski definition) is 8. The molecule has 0 spiro atoms. The van der Waals surface area contributed by atoms with E-state index in [0.717, 1.165) is 11.0 Å². The van der Waals surface area contributed by atoms with E-state index in [1.165, 1.54) is 17.5 Å². The van der Waals surface area contributed by atoms with Crippen LogP contribution in [0.1, 0.15) is 0 Å². The highest BCUT2D eigenvalue weighted by Gasteiger charge is 2.27. The van der Waals surface area contributed by atoms with Gasteiger partial charge in [0.25, 0.3) is 0 Å². The van der Waals surface area contributed by atoms with E-state index < -0.39 is 12.2 Å². The van der Waals surface area contributed by atoms with Crippen molar-refractivity contribution in [3.63, 3.8) is 0 Å². The summed E-state index contributed by atoms with van der Waals surface area (Å²) in [5.41, 5.74) is 0.602. The van der Waals surface area contributed by atoms with Crippen molar-refractivity contribution in [2.24, 2.45) is 4.99 Å². The lowest BCUT2D eigenvalue weighted by Gasteiger charge is -2.25. The minimum absolute atomic E-state index is 0.315. The Morgan fingerprint density at radius 1 is 1.37 bits per heavy atom.